The number of carboxylic acid groups (broad SMARTS) is 1. The quantitative estimate of drug-likeness (QED) is 0.628. The van der Waals surface area contributed by atoms with Crippen LogP contribution in [0.15, 0.2) is 23.1 Å². The topological polar surface area (TPSA) is 119 Å². The number of sulfonamides is 1. The third-order valence-electron chi connectivity index (χ3n) is 3.31. The fourth-order valence-electron chi connectivity index (χ4n) is 2.10. The first-order chi connectivity index (χ1) is 11.6. The maximum absolute atomic E-state index is 12.6. The van der Waals surface area contributed by atoms with Gasteiger partial charge in [0.25, 0.3) is 0 Å². The molecule has 1 aromatic rings. The van der Waals surface area contributed by atoms with Crippen molar-refractivity contribution in [1.29, 1.82) is 0 Å². The predicted molar refractivity (Wildman–Crippen MR) is 89.7 cm³/mol. The molecule has 25 heavy (non-hydrogen) atoms. The van der Waals surface area contributed by atoms with Crippen molar-refractivity contribution in [3.63, 3.8) is 0 Å². The van der Waals surface area contributed by atoms with Gasteiger partial charge < -0.3 is 14.6 Å². The van der Waals surface area contributed by atoms with Crippen LogP contribution in [0.4, 0.5) is 0 Å². The molecule has 0 aromatic heterocycles. The summed E-state index contributed by atoms with van der Waals surface area (Å²) in [6.07, 6.45) is 0. The smallest absolute Gasteiger partial charge is 0.338 e. The molecule has 0 bridgehead atoms. The molecule has 0 aliphatic carbocycles. The molecule has 1 aromatic carbocycles. The Kier molecular flexibility index (Phi) is 7.53. The van der Waals surface area contributed by atoms with Crippen LogP contribution in [0.1, 0.15) is 36.7 Å². The van der Waals surface area contributed by atoms with Crippen molar-refractivity contribution in [1.82, 2.24) is 4.72 Å². The minimum Gasteiger partial charge on any atom is -0.480 e. The SMILES string of the molecule is CCOC(=O)c1cc(COC)cc(S(=O)(=O)N[C@@H](C(=O)O)C(C)C)c1. The van der Waals surface area contributed by atoms with Crippen molar-refractivity contribution in [2.75, 3.05) is 13.7 Å². The number of hydrogen-bond acceptors (Lipinski definition) is 6. The Bertz CT molecular complexity index is 728. The number of methoxy groups -OCH3 is 1. The van der Waals surface area contributed by atoms with E-state index in [0.717, 1.165) is 6.07 Å². The predicted octanol–water partition coefficient (Wildman–Crippen LogP) is 1.40. The van der Waals surface area contributed by atoms with Gasteiger partial charge in [-0.3, -0.25) is 4.79 Å². The number of ether oxygens (including phenoxy) is 2. The number of nitrogens with one attached hydrogen (secondary N) is 1. The van der Waals surface area contributed by atoms with E-state index in [4.69, 9.17) is 9.47 Å². The largest absolute Gasteiger partial charge is 0.480 e. The van der Waals surface area contributed by atoms with Gasteiger partial charge in [0, 0.05) is 7.11 Å². The van der Waals surface area contributed by atoms with E-state index < -0.39 is 33.9 Å². The van der Waals surface area contributed by atoms with E-state index >= 15 is 0 Å². The molecule has 0 aliphatic heterocycles. The van der Waals surface area contributed by atoms with Gasteiger partial charge in [0.15, 0.2) is 0 Å². The minimum atomic E-state index is -4.16. The molecule has 0 amide bonds. The molecule has 140 valence electrons. The zero-order chi connectivity index (χ0) is 19.2. The van der Waals surface area contributed by atoms with Crippen molar-refractivity contribution in [2.45, 2.75) is 38.3 Å². The van der Waals surface area contributed by atoms with Crippen LogP contribution >= 0.6 is 0 Å². The highest BCUT2D eigenvalue weighted by Crippen LogP contribution is 2.18. The summed E-state index contributed by atoms with van der Waals surface area (Å²) in [5.74, 6) is -2.41. The number of aliphatic carboxylic acids is 1. The van der Waals surface area contributed by atoms with Crippen LogP contribution in [0, 0.1) is 5.92 Å². The summed E-state index contributed by atoms with van der Waals surface area (Å²) < 4.78 is 37.2. The Morgan fingerprint density at radius 2 is 1.88 bits per heavy atom. The summed E-state index contributed by atoms with van der Waals surface area (Å²) in [5, 5.41) is 9.18. The minimum absolute atomic E-state index is 0.0493. The lowest BCUT2D eigenvalue weighted by Gasteiger charge is -2.18. The number of carbonyl (C=O) groups is 2. The summed E-state index contributed by atoms with van der Waals surface area (Å²) >= 11 is 0. The van der Waals surface area contributed by atoms with Gasteiger partial charge in [0.2, 0.25) is 10.0 Å². The average Bonchev–Trinajstić information content (AvgIpc) is 2.52. The van der Waals surface area contributed by atoms with Gasteiger partial charge in [-0.15, -0.1) is 0 Å². The standard InChI is InChI=1S/C16H23NO7S/c1-5-24-16(20)12-6-11(9-23-4)7-13(8-12)25(21,22)17-14(10(2)3)15(18)19/h6-8,10,14,17H,5,9H2,1-4H3,(H,18,19)/t14-/m1/s1. The molecule has 0 radical (unpaired) electrons. The van der Waals surface area contributed by atoms with Crippen LogP contribution in [-0.2, 0) is 30.9 Å². The van der Waals surface area contributed by atoms with E-state index in [2.05, 4.69) is 4.72 Å². The van der Waals surface area contributed by atoms with Crippen LogP contribution < -0.4 is 4.72 Å². The second-order valence-electron chi connectivity index (χ2n) is 5.70. The molecular weight excluding hydrogens is 350 g/mol. The summed E-state index contributed by atoms with van der Waals surface area (Å²) in [7, 11) is -2.72. The number of benzene rings is 1. The first kappa shape index (κ1) is 21.1. The second kappa shape index (κ2) is 8.93. The highest BCUT2D eigenvalue weighted by Gasteiger charge is 2.29. The normalized spacial score (nSPS) is 12.8. The zero-order valence-electron chi connectivity index (χ0n) is 14.6. The van der Waals surface area contributed by atoms with Gasteiger partial charge in [0.05, 0.1) is 23.7 Å². The Labute approximate surface area is 147 Å². The van der Waals surface area contributed by atoms with Gasteiger partial charge in [-0.2, -0.15) is 4.72 Å². The van der Waals surface area contributed by atoms with Gasteiger partial charge >= 0.3 is 11.9 Å². The molecule has 0 unspecified atom stereocenters. The number of carboxylic acids is 1. The number of hydrogen-bond donors (Lipinski definition) is 2. The van der Waals surface area contributed by atoms with Crippen LogP contribution in [0.25, 0.3) is 0 Å². The van der Waals surface area contributed by atoms with Crippen molar-refractivity contribution in [3.05, 3.63) is 29.3 Å². The molecule has 1 rings (SSSR count). The van der Waals surface area contributed by atoms with Gasteiger partial charge in [-0.05, 0) is 36.6 Å². The molecule has 0 fully saturated rings. The molecule has 8 nitrogen and oxygen atoms in total. The van der Waals surface area contributed by atoms with E-state index in [1.807, 2.05) is 0 Å². The number of rotatable bonds is 9. The van der Waals surface area contributed by atoms with Crippen LogP contribution in [0.2, 0.25) is 0 Å². The molecule has 2 N–H and O–H groups in total. The molecule has 0 heterocycles. The van der Waals surface area contributed by atoms with Crippen molar-refractivity contribution >= 4 is 22.0 Å². The second-order valence-corrected chi connectivity index (χ2v) is 7.41. The van der Waals surface area contributed by atoms with Crippen LogP contribution in [0.5, 0.6) is 0 Å². The molecule has 0 aliphatic rings. The molecule has 0 saturated heterocycles. The number of carbonyl (C=O) groups excluding carboxylic acids is 1. The molecule has 9 heteroatoms. The first-order valence-electron chi connectivity index (χ1n) is 7.67. The Morgan fingerprint density at radius 3 is 2.36 bits per heavy atom. The fraction of sp³-hybridized carbons (Fsp3) is 0.500. The Hall–Kier alpha value is -1.97. The average molecular weight is 373 g/mol. The monoisotopic (exact) mass is 373 g/mol. The molecule has 1 atom stereocenters. The van der Waals surface area contributed by atoms with Crippen LogP contribution in [0.3, 0.4) is 0 Å². The van der Waals surface area contributed by atoms with Crippen molar-refractivity contribution in [2.24, 2.45) is 5.92 Å². The van der Waals surface area contributed by atoms with Gasteiger partial charge in [0.1, 0.15) is 6.04 Å². The summed E-state index contributed by atoms with van der Waals surface area (Å²) in [5.41, 5.74) is 0.498. The van der Waals surface area contributed by atoms with E-state index in [9.17, 15) is 23.1 Å². The van der Waals surface area contributed by atoms with Crippen LogP contribution in [-0.4, -0.2) is 45.2 Å². The van der Waals surface area contributed by atoms with Crippen molar-refractivity contribution < 1.29 is 32.6 Å². The van der Waals surface area contributed by atoms with E-state index in [1.165, 1.54) is 19.2 Å². The van der Waals surface area contributed by atoms with E-state index in [-0.39, 0.29) is 23.7 Å². The van der Waals surface area contributed by atoms with E-state index in [0.29, 0.717) is 5.56 Å². The van der Waals surface area contributed by atoms with E-state index in [1.54, 1.807) is 20.8 Å². The number of esters is 1. The van der Waals surface area contributed by atoms with Gasteiger partial charge in [-0.1, -0.05) is 13.8 Å². The highest BCUT2D eigenvalue weighted by atomic mass is 32.2. The fourth-order valence-corrected chi connectivity index (χ4v) is 3.54. The third-order valence-corrected chi connectivity index (χ3v) is 4.73. The zero-order valence-corrected chi connectivity index (χ0v) is 15.4. The lowest BCUT2D eigenvalue weighted by Crippen LogP contribution is -2.44. The lowest BCUT2D eigenvalue weighted by molar-refractivity contribution is -0.140. The molecule has 0 saturated carbocycles. The maximum Gasteiger partial charge on any atom is 0.338 e. The van der Waals surface area contributed by atoms with Crippen molar-refractivity contribution in [3.8, 4) is 0 Å². The first-order valence-corrected chi connectivity index (χ1v) is 9.15. The Morgan fingerprint density at radius 1 is 1.24 bits per heavy atom. The lowest BCUT2D eigenvalue weighted by atomic mass is 10.1. The van der Waals surface area contributed by atoms with Gasteiger partial charge in [-0.25, -0.2) is 13.2 Å². The summed E-state index contributed by atoms with van der Waals surface area (Å²) in [6.45, 7) is 5.04. The third kappa shape index (κ3) is 5.80. The highest BCUT2D eigenvalue weighted by molar-refractivity contribution is 7.89. The summed E-state index contributed by atoms with van der Waals surface area (Å²) in [4.78, 5) is 23.0. The Balaban J connectivity index is 3.32. The maximum atomic E-state index is 12.6. The molecular formula is C16H23NO7S. The molecule has 0 spiro atoms. The summed E-state index contributed by atoms with van der Waals surface area (Å²) in [6, 6.07) is 2.66.